The highest BCUT2D eigenvalue weighted by atomic mass is 35.5. The van der Waals surface area contributed by atoms with E-state index < -0.39 is 0 Å². The van der Waals surface area contributed by atoms with Gasteiger partial charge in [0.25, 0.3) is 17.7 Å². The van der Waals surface area contributed by atoms with Crippen molar-refractivity contribution in [2.45, 2.75) is 69.0 Å². The third kappa shape index (κ3) is 12.2. The molecule has 15 N–H and O–H groups in total. The topological polar surface area (TPSA) is 321 Å². The molecule has 2 aliphatic heterocycles. The minimum absolute atomic E-state index is 0.00915. The van der Waals surface area contributed by atoms with Crippen molar-refractivity contribution < 1.29 is 27.8 Å². The molecule has 0 spiro atoms. The quantitative estimate of drug-likeness (QED) is 0.130. The molecular weight excluding hydrogens is 863 g/mol. The number of anilines is 6. The molecule has 2 atom stereocenters. The van der Waals surface area contributed by atoms with E-state index in [-0.39, 0.29) is 90.7 Å². The first-order valence-electron chi connectivity index (χ1n) is 20.4. The van der Waals surface area contributed by atoms with E-state index in [1.54, 1.807) is 0 Å². The molecule has 3 amide bonds. The molecule has 3 aliphatic rings. The van der Waals surface area contributed by atoms with Crippen LogP contribution in [-0.2, 0) is 0 Å². The van der Waals surface area contributed by atoms with Crippen LogP contribution in [0.3, 0.4) is 0 Å². The highest BCUT2D eigenvalue weighted by Gasteiger charge is 2.45. The van der Waals surface area contributed by atoms with E-state index >= 15 is 0 Å². The molecule has 2 saturated heterocycles. The number of amides is 3. The SMILES string of the molecule is C[N+](C)(C)C1(CNC(=O)c2nc(Cl)c(N)nc2N)CCCC1.C[N+]1(C)CCC[C@@H]1CNC(=O)c1nc(Cl)c(N)nc1N.C[N+]1(C)CCC[C@H]1CNC(=O)c1nc(Cl)c(N)nc1N. The minimum Gasteiger partial charge on any atom is -0.382 e. The number of nitrogens with zero attached hydrogens (tertiary/aromatic N) is 9. The predicted octanol–water partition coefficient (Wildman–Crippen LogP) is 1.57. The van der Waals surface area contributed by atoms with E-state index in [0.717, 1.165) is 52.2 Å². The van der Waals surface area contributed by atoms with Gasteiger partial charge in [0.1, 0.15) is 17.6 Å². The van der Waals surface area contributed by atoms with Crippen molar-refractivity contribution in [2.75, 3.05) is 116 Å². The summed E-state index contributed by atoms with van der Waals surface area (Å²) in [4.78, 5) is 59.7. The summed E-state index contributed by atoms with van der Waals surface area (Å²) >= 11 is 17.4. The van der Waals surface area contributed by atoms with Crippen LogP contribution in [0.15, 0.2) is 0 Å². The van der Waals surface area contributed by atoms with Gasteiger partial charge < -0.3 is 63.8 Å². The van der Waals surface area contributed by atoms with Crippen molar-refractivity contribution >= 4 is 87.4 Å². The molecule has 1 saturated carbocycles. The number of hydrogen-bond donors (Lipinski definition) is 9. The van der Waals surface area contributed by atoms with E-state index in [0.29, 0.717) is 31.7 Å². The molecule has 0 radical (unpaired) electrons. The lowest BCUT2D eigenvalue weighted by Crippen LogP contribution is -2.60. The van der Waals surface area contributed by atoms with E-state index in [9.17, 15) is 14.4 Å². The fraction of sp³-hybridized carbons (Fsp3) is 0.605. The number of nitrogens with one attached hydrogen (secondary N) is 3. The molecule has 21 nitrogen and oxygen atoms in total. The molecule has 3 aromatic rings. The number of nitrogen functional groups attached to an aromatic ring is 6. The molecule has 3 aromatic heterocycles. The monoisotopic (exact) mass is 925 g/mol. The van der Waals surface area contributed by atoms with Crippen molar-refractivity contribution in [3.05, 3.63) is 32.5 Å². The Balaban J connectivity index is 0.000000205. The third-order valence-corrected chi connectivity index (χ3v) is 13.2. The molecule has 62 heavy (non-hydrogen) atoms. The van der Waals surface area contributed by atoms with E-state index in [2.05, 4.69) is 95.2 Å². The summed E-state index contributed by atoms with van der Waals surface area (Å²) in [7, 11) is 15.1. The normalized spacial score (nSPS) is 19.6. The van der Waals surface area contributed by atoms with Crippen LogP contribution in [0.2, 0.25) is 15.5 Å². The second-order valence-corrected chi connectivity index (χ2v) is 19.1. The van der Waals surface area contributed by atoms with E-state index in [1.807, 2.05) is 0 Å². The van der Waals surface area contributed by atoms with Crippen molar-refractivity contribution in [2.24, 2.45) is 0 Å². The number of rotatable bonds is 10. The van der Waals surface area contributed by atoms with Gasteiger partial charge in [0.05, 0.1) is 82.1 Å². The maximum Gasteiger partial charge on any atom is 0.274 e. The van der Waals surface area contributed by atoms with Gasteiger partial charge in [-0.25, -0.2) is 29.9 Å². The Hall–Kier alpha value is -4.80. The van der Waals surface area contributed by atoms with E-state index in [1.165, 1.54) is 25.7 Å². The molecule has 0 bridgehead atoms. The van der Waals surface area contributed by atoms with Crippen molar-refractivity contribution in [1.82, 2.24) is 45.9 Å². The Kier molecular flexibility index (Phi) is 16.2. The van der Waals surface area contributed by atoms with Gasteiger partial charge in [0.2, 0.25) is 0 Å². The molecule has 3 fully saturated rings. The molecular formula is C38H64Cl3N18O3+3. The Morgan fingerprint density at radius 3 is 1.18 bits per heavy atom. The number of likely N-dealkylation sites (N-methyl/N-ethyl adjacent to an activating group) is 3. The first-order chi connectivity index (χ1) is 28.8. The second kappa shape index (κ2) is 20.1. The Bertz CT molecular complexity index is 2010. The molecule has 1 aliphatic carbocycles. The van der Waals surface area contributed by atoms with Crippen molar-refractivity contribution in [3.63, 3.8) is 0 Å². The Morgan fingerprint density at radius 2 is 0.887 bits per heavy atom. The third-order valence-electron chi connectivity index (χ3n) is 12.4. The minimum atomic E-state index is -0.371. The van der Waals surface area contributed by atoms with Crippen LogP contribution in [0.25, 0.3) is 0 Å². The zero-order valence-corrected chi connectivity index (χ0v) is 39.0. The van der Waals surface area contributed by atoms with Crippen LogP contribution in [0.1, 0.15) is 82.8 Å². The maximum atomic E-state index is 12.4. The molecule has 0 aromatic carbocycles. The average Bonchev–Trinajstić information content (AvgIpc) is 3.91. The summed E-state index contributed by atoms with van der Waals surface area (Å²) in [6, 6.07) is 0.801. The van der Waals surface area contributed by atoms with Gasteiger partial charge >= 0.3 is 0 Å². The van der Waals surface area contributed by atoms with Crippen LogP contribution in [0.4, 0.5) is 34.9 Å². The number of aromatic nitrogens is 6. The van der Waals surface area contributed by atoms with Gasteiger partial charge in [0.15, 0.2) is 67.4 Å². The van der Waals surface area contributed by atoms with Gasteiger partial charge in [-0.05, 0) is 12.8 Å². The highest BCUT2D eigenvalue weighted by Crippen LogP contribution is 2.37. The first kappa shape index (κ1) is 49.9. The van der Waals surface area contributed by atoms with Gasteiger partial charge in [-0.2, -0.15) is 0 Å². The fourth-order valence-electron chi connectivity index (χ4n) is 8.09. The molecule has 0 unspecified atom stereocenters. The molecule has 342 valence electrons. The predicted molar refractivity (Wildman–Crippen MR) is 244 cm³/mol. The zero-order chi connectivity index (χ0) is 46.4. The van der Waals surface area contributed by atoms with Gasteiger partial charge in [0, 0.05) is 38.5 Å². The first-order valence-corrected chi connectivity index (χ1v) is 21.5. The largest absolute Gasteiger partial charge is 0.382 e. The number of hydrogen-bond acceptors (Lipinski definition) is 15. The lowest BCUT2D eigenvalue weighted by molar-refractivity contribution is -0.922. The standard InChI is InChI=1S/C14H23ClN6O.2C12H19ClN6O/c1-21(2,3)14(6-4-5-7-14)8-18-13(22)9-11(16)20-12(17)10(15)19-9;2*1-19(2)5-3-4-7(19)6-16-12(20)8-10(14)18-11(15)9(13)17-8/h4-8H2,1-3H3,(H4-,16,17,18,20,22);2*7H,3-6H2,1-2H3,(H4-,14,15,16,18,20)/p+3/t;2*7-/m.10/s1. The van der Waals surface area contributed by atoms with E-state index in [4.69, 9.17) is 69.2 Å². The van der Waals surface area contributed by atoms with Gasteiger partial charge in [-0.15, -0.1) is 0 Å². The summed E-state index contributed by atoms with van der Waals surface area (Å²) in [5, 5.41) is 8.60. The summed E-state index contributed by atoms with van der Waals surface area (Å²) in [5.74, 6) is -1.07. The summed E-state index contributed by atoms with van der Waals surface area (Å²) < 4.78 is 2.62. The number of quaternary nitrogens is 3. The molecule has 5 heterocycles. The smallest absolute Gasteiger partial charge is 0.274 e. The number of carbonyl (C=O) groups is 3. The van der Waals surface area contributed by atoms with Crippen LogP contribution >= 0.6 is 34.8 Å². The number of likely N-dealkylation sites (tertiary alicyclic amines) is 2. The lowest BCUT2D eigenvalue weighted by atomic mass is 9.93. The van der Waals surface area contributed by atoms with Crippen LogP contribution < -0.4 is 50.4 Å². The molecule has 24 heteroatoms. The van der Waals surface area contributed by atoms with Gasteiger partial charge in [-0.3, -0.25) is 14.4 Å². The summed E-state index contributed by atoms with van der Waals surface area (Å²) in [5.41, 5.74) is 33.6. The molecule has 6 rings (SSSR count). The average molecular weight is 927 g/mol. The van der Waals surface area contributed by atoms with Crippen molar-refractivity contribution in [3.8, 4) is 0 Å². The van der Waals surface area contributed by atoms with Crippen molar-refractivity contribution in [1.29, 1.82) is 0 Å². The highest BCUT2D eigenvalue weighted by molar-refractivity contribution is 6.32. The fourth-order valence-corrected chi connectivity index (χ4v) is 8.47. The zero-order valence-electron chi connectivity index (χ0n) is 36.7. The maximum absolute atomic E-state index is 12.4. The number of carbonyl (C=O) groups excluding carboxylic acids is 3. The van der Waals surface area contributed by atoms with Crippen LogP contribution in [-0.4, -0.2) is 161 Å². The number of nitrogens with two attached hydrogens (primary N) is 6. The Labute approximate surface area is 377 Å². The lowest BCUT2D eigenvalue weighted by Gasteiger charge is -2.44. The summed E-state index contributed by atoms with van der Waals surface area (Å²) in [6.07, 6.45) is 9.06. The van der Waals surface area contributed by atoms with Gasteiger partial charge in [-0.1, -0.05) is 34.8 Å². The van der Waals surface area contributed by atoms with Crippen LogP contribution in [0, 0.1) is 0 Å². The Morgan fingerprint density at radius 1 is 0.565 bits per heavy atom. The second-order valence-electron chi connectivity index (χ2n) is 18.0. The van der Waals surface area contributed by atoms with Crippen LogP contribution in [0.5, 0.6) is 0 Å². The number of halogens is 3. The summed E-state index contributed by atoms with van der Waals surface area (Å²) in [6.45, 7) is 3.97.